The molecule has 0 saturated carbocycles. The number of ether oxygens (including phenoxy) is 1. The molecule has 1 aromatic carbocycles. The topological polar surface area (TPSA) is 59.7 Å². The van der Waals surface area contributed by atoms with Gasteiger partial charge in [0.25, 0.3) is 5.91 Å². The second-order valence-corrected chi connectivity index (χ2v) is 6.69. The zero-order valence-electron chi connectivity index (χ0n) is 15.1. The highest BCUT2D eigenvalue weighted by molar-refractivity contribution is 6.36. The molecule has 1 amide bonds. The smallest absolute Gasteiger partial charge is 0.275 e. The highest BCUT2D eigenvalue weighted by Crippen LogP contribution is 2.21. The Labute approximate surface area is 157 Å². The lowest BCUT2D eigenvalue weighted by molar-refractivity contribution is 0.0782. The van der Waals surface area contributed by atoms with E-state index in [1.54, 1.807) is 28.9 Å². The molecule has 0 unspecified atom stereocenters. The van der Waals surface area contributed by atoms with Gasteiger partial charge in [0.1, 0.15) is 10.8 Å². The molecule has 26 heavy (non-hydrogen) atoms. The third-order valence-electron chi connectivity index (χ3n) is 3.99. The van der Waals surface area contributed by atoms with Crippen molar-refractivity contribution in [3.05, 3.63) is 58.5 Å². The minimum atomic E-state index is -0.228. The van der Waals surface area contributed by atoms with E-state index >= 15 is 0 Å². The van der Waals surface area contributed by atoms with E-state index in [1.807, 2.05) is 38.1 Å². The van der Waals surface area contributed by atoms with Crippen molar-refractivity contribution in [1.29, 1.82) is 0 Å². The van der Waals surface area contributed by atoms with Crippen LogP contribution in [-0.4, -0.2) is 45.6 Å². The fourth-order valence-corrected chi connectivity index (χ4v) is 2.87. The molecule has 0 fully saturated rings. The van der Waals surface area contributed by atoms with Crippen LogP contribution in [0.4, 0.5) is 0 Å². The number of halogens is 1. The van der Waals surface area contributed by atoms with E-state index in [0.717, 1.165) is 16.9 Å². The fourth-order valence-electron chi connectivity index (χ4n) is 2.62. The first-order chi connectivity index (χ1) is 12.5. The monoisotopic (exact) mass is 372 g/mol. The highest BCUT2D eigenvalue weighted by Gasteiger charge is 2.21. The van der Waals surface area contributed by atoms with E-state index < -0.39 is 0 Å². The van der Waals surface area contributed by atoms with Crippen LogP contribution in [0.25, 0.3) is 5.65 Å². The quantitative estimate of drug-likeness (QED) is 0.621. The number of hydrogen-bond acceptors (Lipinski definition) is 4. The molecule has 0 aliphatic rings. The van der Waals surface area contributed by atoms with Crippen molar-refractivity contribution >= 4 is 23.2 Å². The first-order valence-electron chi connectivity index (χ1n) is 8.41. The van der Waals surface area contributed by atoms with E-state index in [2.05, 4.69) is 10.1 Å². The third kappa shape index (κ3) is 3.96. The van der Waals surface area contributed by atoms with Crippen LogP contribution in [0.3, 0.4) is 0 Å². The Bertz CT molecular complexity index is 938. The molecule has 0 aliphatic carbocycles. The summed E-state index contributed by atoms with van der Waals surface area (Å²) in [4.78, 5) is 18.5. The maximum Gasteiger partial charge on any atom is 0.275 e. The summed E-state index contributed by atoms with van der Waals surface area (Å²) in [7, 11) is 1.73. The number of hydrogen-bond donors (Lipinski definition) is 0. The summed E-state index contributed by atoms with van der Waals surface area (Å²) >= 11 is 6.29. The van der Waals surface area contributed by atoms with Crippen LogP contribution >= 0.6 is 11.6 Å². The number of rotatable bonds is 6. The second-order valence-electron chi connectivity index (χ2n) is 6.31. The summed E-state index contributed by atoms with van der Waals surface area (Å²) in [5.74, 6) is 0.609. The molecule has 136 valence electrons. The summed E-state index contributed by atoms with van der Waals surface area (Å²) in [6.45, 7) is 5.00. The SMILES string of the molecule is Cc1cccc(OCCCN(C)C(=O)c2nn3cc(C)cnc3c2Cl)c1. The number of aromatic nitrogens is 3. The standard InChI is InChI=1S/C19H21ClN4O2/c1-13-6-4-7-15(10-13)26-9-5-8-23(3)19(25)17-16(20)18-21-11-14(2)12-24(18)22-17/h4,6-7,10-12H,5,8-9H2,1-3H3. The van der Waals surface area contributed by atoms with Gasteiger partial charge in [0.05, 0.1) is 6.61 Å². The van der Waals surface area contributed by atoms with Crippen molar-refractivity contribution < 1.29 is 9.53 Å². The molecule has 3 aromatic rings. The minimum Gasteiger partial charge on any atom is -0.494 e. The number of fused-ring (bicyclic) bond motifs is 1. The van der Waals surface area contributed by atoms with Gasteiger partial charge < -0.3 is 9.64 Å². The van der Waals surface area contributed by atoms with Gasteiger partial charge in [-0.2, -0.15) is 5.10 Å². The van der Waals surface area contributed by atoms with Crippen molar-refractivity contribution in [2.24, 2.45) is 0 Å². The first kappa shape index (κ1) is 18.2. The van der Waals surface area contributed by atoms with Gasteiger partial charge >= 0.3 is 0 Å². The lowest BCUT2D eigenvalue weighted by Gasteiger charge is -2.16. The molecule has 0 spiro atoms. The van der Waals surface area contributed by atoms with Crippen LogP contribution in [0, 0.1) is 13.8 Å². The molecule has 2 aromatic heterocycles. The Morgan fingerprint density at radius 1 is 1.31 bits per heavy atom. The van der Waals surface area contributed by atoms with E-state index in [-0.39, 0.29) is 16.6 Å². The molecule has 0 bridgehead atoms. The number of carbonyl (C=O) groups excluding carboxylic acids is 1. The van der Waals surface area contributed by atoms with Gasteiger partial charge in [0.15, 0.2) is 11.3 Å². The Kier molecular flexibility index (Phi) is 5.42. The van der Waals surface area contributed by atoms with Gasteiger partial charge in [-0.1, -0.05) is 23.7 Å². The molecule has 0 radical (unpaired) electrons. The number of aryl methyl sites for hydroxylation is 2. The van der Waals surface area contributed by atoms with Crippen molar-refractivity contribution in [2.75, 3.05) is 20.2 Å². The van der Waals surface area contributed by atoms with E-state index in [9.17, 15) is 4.79 Å². The third-order valence-corrected chi connectivity index (χ3v) is 4.34. The van der Waals surface area contributed by atoms with Crippen LogP contribution in [0.15, 0.2) is 36.7 Å². The minimum absolute atomic E-state index is 0.215. The molecule has 0 aliphatic heterocycles. The molecule has 3 rings (SSSR count). The van der Waals surface area contributed by atoms with Gasteiger partial charge in [0.2, 0.25) is 0 Å². The summed E-state index contributed by atoms with van der Waals surface area (Å²) in [6.07, 6.45) is 4.20. The van der Waals surface area contributed by atoms with Crippen molar-refractivity contribution in [2.45, 2.75) is 20.3 Å². The molecule has 0 N–H and O–H groups in total. The van der Waals surface area contributed by atoms with Gasteiger partial charge in [-0.3, -0.25) is 4.79 Å². The first-order valence-corrected chi connectivity index (χ1v) is 8.79. The van der Waals surface area contributed by atoms with Crippen LogP contribution in [-0.2, 0) is 0 Å². The Morgan fingerprint density at radius 3 is 2.88 bits per heavy atom. The molecule has 2 heterocycles. The molecule has 0 saturated heterocycles. The number of nitrogens with zero attached hydrogens (tertiary/aromatic N) is 4. The van der Waals surface area contributed by atoms with Crippen LogP contribution < -0.4 is 4.74 Å². The van der Waals surface area contributed by atoms with E-state index in [1.165, 1.54) is 0 Å². The normalized spacial score (nSPS) is 10.9. The maximum atomic E-state index is 12.6. The fraction of sp³-hybridized carbons (Fsp3) is 0.316. The summed E-state index contributed by atoms with van der Waals surface area (Å²) in [5, 5.41) is 4.56. The molecular weight excluding hydrogens is 352 g/mol. The van der Waals surface area contributed by atoms with Crippen LogP contribution in [0.1, 0.15) is 28.0 Å². The average molecular weight is 373 g/mol. The second kappa shape index (κ2) is 7.74. The number of carbonyl (C=O) groups is 1. The summed E-state index contributed by atoms with van der Waals surface area (Å²) < 4.78 is 7.26. The highest BCUT2D eigenvalue weighted by atomic mass is 35.5. The predicted octanol–water partition coefficient (Wildman–Crippen LogP) is 3.54. The average Bonchev–Trinajstić information content (AvgIpc) is 2.94. The van der Waals surface area contributed by atoms with E-state index in [4.69, 9.17) is 16.3 Å². The van der Waals surface area contributed by atoms with Crippen LogP contribution in [0.2, 0.25) is 5.02 Å². The van der Waals surface area contributed by atoms with Crippen molar-refractivity contribution in [3.8, 4) is 5.75 Å². The molecular formula is C19H21ClN4O2. The number of benzene rings is 1. The molecule has 7 heteroatoms. The van der Waals surface area contributed by atoms with E-state index in [0.29, 0.717) is 25.2 Å². The summed E-state index contributed by atoms with van der Waals surface area (Å²) in [6, 6.07) is 7.89. The Balaban J connectivity index is 1.58. The van der Waals surface area contributed by atoms with Crippen LogP contribution in [0.5, 0.6) is 5.75 Å². The molecule has 6 nitrogen and oxygen atoms in total. The largest absolute Gasteiger partial charge is 0.494 e. The van der Waals surface area contributed by atoms with Crippen molar-refractivity contribution in [3.63, 3.8) is 0 Å². The molecule has 0 atom stereocenters. The Morgan fingerprint density at radius 2 is 2.12 bits per heavy atom. The zero-order chi connectivity index (χ0) is 18.7. The van der Waals surface area contributed by atoms with Gasteiger partial charge in [-0.15, -0.1) is 0 Å². The van der Waals surface area contributed by atoms with Gasteiger partial charge in [0, 0.05) is 26.0 Å². The lowest BCUT2D eigenvalue weighted by atomic mass is 10.2. The lowest BCUT2D eigenvalue weighted by Crippen LogP contribution is -2.29. The summed E-state index contributed by atoms with van der Waals surface area (Å²) in [5.41, 5.74) is 2.79. The predicted molar refractivity (Wildman–Crippen MR) is 101 cm³/mol. The maximum absolute atomic E-state index is 12.6. The van der Waals surface area contributed by atoms with Gasteiger partial charge in [-0.05, 0) is 43.5 Å². The van der Waals surface area contributed by atoms with Gasteiger partial charge in [-0.25, -0.2) is 9.50 Å². The zero-order valence-corrected chi connectivity index (χ0v) is 15.8. The number of amides is 1. The van der Waals surface area contributed by atoms with Crippen molar-refractivity contribution in [1.82, 2.24) is 19.5 Å². The Hall–Kier alpha value is -2.60.